The molecule has 1 aromatic heterocycles. The molecule has 4 atom stereocenters. The van der Waals surface area contributed by atoms with Gasteiger partial charge >= 0.3 is 35.8 Å². The van der Waals surface area contributed by atoms with Crippen molar-refractivity contribution in [2.24, 2.45) is 5.11 Å². The van der Waals surface area contributed by atoms with Gasteiger partial charge in [-0.05, 0) is 45.1 Å². The van der Waals surface area contributed by atoms with Gasteiger partial charge in [0.15, 0.2) is 12.2 Å². The minimum absolute atomic E-state index is 0.0127. The molecule has 0 radical (unpaired) electrons. The molecule has 32 heteroatoms. The molecule has 4 N–H and O–H groups in total. The highest BCUT2D eigenvalue weighted by molar-refractivity contribution is 7.99. The van der Waals surface area contributed by atoms with E-state index in [-0.39, 0.29) is 113 Å². The lowest BCUT2D eigenvalue weighted by Crippen LogP contribution is -2.39. The predicted molar refractivity (Wildman–Crippen MR) is 529 cm³/mol. The first kappa shape index (κ1) is 126. The highest BCUT2D eigenvalue weighted by atomic mass is 32.2. The number of thioether (sulfide) groups is 2. The first-order chi connectivity index (χ1) is 64.0. The van der Waals surface area contributed by atoms with Gasteiger partial charge in [0, 0.05) is 131 Å². The fraction of sp³-hybridized carbons (Fsp3) is 0.840. The number of nitrogens with zero attached hydrogens (tertiary/aromatic N) is 8. The van der Waals surface area contributed by atoms with Crippen LogP contribution in [0.4, 0.5) is 0 Å². The highest BCUT2D eigenvalue weighted by Crippen LogP contribution is 2.20. The second-order valence-electron chi connectivity index (χ2n) is 34.1. The Morgan fingerprint density at radius 2 is 0.720 bits per heavy atom. The second kappa shape index (κ2) is 93.7. The molecule has 0 aromatic carbocycles. The average molecular weight is 1900 g/mol. The Morgan fingerprint density at radius 3 is 1.05 bits per heavy atom. The number of hydrogen-bond acceptors (Lipinski definition) is 23. The third kappa shape index (κ3) is 80.8. The van der Waals surface area contributed by atoms with E-state index in [2.05, 4.69) is 75.2 Å². The first-order valence-electron chi connectivity index (χ1n) is 51.2. The molecule has 0 fully saturated rings. The van der Waals surface area contributed by atoms with E-state index < -0.39 is 48.2 Å². The van der Waals surface area contributed by atoms with Crippen LogP contribution in [0.25, 0.3) is 10.4 Å². The average Bonchev–Trinajstić information content (AvgIpc) is 1.72. The lowest BCUT2D eigenvalue weighted by Gasteiger charge is -2.22. The number of ether oxygens (including phenoxy) is 6. The molecule has 1 rings (SSSR count). The molecule has 4 unspecified atom stereocenters. The van der Waals surface area contributed by atoms with Crippen molar-refractivity contribution >= 4 is 94.8 Å². The molecule has 760 valence electrons. The van der Waals surface area contributed by atoms with Gasteiger partial charge < -0.3 is 59.5 Å². The Bertz CT molecular complexity index is 3210. The normalized spacial score (nSPS) is 11.7. The standard InChI is InChI=1S/C50H90N6O9S.C34H63N3O6.C16H27N3O3S/c1-6-10-12-14-16-18-20-22-24-26-28-30-48(60)63-40-44(65-49(61)31-29-27-25-23-21-19-17-15-13-11-7-2)41-64-50(62)42(5)56-39-43(53-54-56)38-52-46(58)32-36-66-37-35-55(47(59)9-4)34-33-51-45(57)8-3;1-4-6-8-10-12-14-16-18-20-22-24-26-32(38)41-28-31(29-42-34(40)30(3)36-37-35)43-33(39)27-25-23-21-19-17-15-13-11-9-7-5-2;1-4-8-17-15(21)7-12-23-13-11-19(16(22)6-3)10-9-18-14(20)5-2/h39,42,44H,6-38,40-41H2,1-5H3,(H,51,57)(H,52,58);30-31H,4-29H2,1-3H3;1H,5-13H2,2-3H3,(H,17,21)(H,18,20). The van der Waals surface area contributed by atoms with Crippen molar-refractivity contribution in [2.75, 3.05) is 95.3 Å². The Morgan fingerprint density at radius 1 is 0.402 bits per heavy atom. The van der Waals surface area contributed by atoms with Crippen molar-refractivity contribution in [3.05, 3.63) is 22.3 Å². The van der Waals surface area contributed by atoms with E-state index in [1.165, 1.54) is 211 Å². The van der Waals surface area contributed by atoms with E-state index in [0.29, 0.717) is 107 Å². The van der Waals surface area contributed by atoms with Gasteiger partial charge in [0.2, 0.25) is 35.4 Å². The van der Waals surface area contributed by atoms with Crippen LogP contribution in [0.1, 0.15) is 428 Å². The van der Waals surface area contributed by atoms with E-state index in [1.54, 1.807) is 60.3 Å². The smallest absolute Gasteiger partial charge is 0.330 e. The monoisotopic (exact) mass is 1900 g/mol. The largest absolute Gasteiger partial charge is 0.462 e. The van der Waals surface area contributed by atoms with Crippen LogP contribution in [0.5, 0.6) is 0 Å². The zero-order chi connectivity index (χ0) is 97.8. The summed E-state index contributed by atoms with van der Waals surface area (Å²) >= 11 is 3.19. The Kier molecular flexibility index (Phi) is 89.8. The molecule has 0 saturated carbocycles. The molecular formula is C100H180N12O18S2. The van der Waals surface area contributed by atoms with Crippen molar-refractivity contribution < 1.29 is 86.0 Å². The third-order valence-corrected chi connectivity index (χ3v) is 24.2. The molecule has 0 saturated heterocycles. The van der Waals surface area contributed by atoms with Gasteiger partial charge in [-0.2, -0.15) is 23.5 Å². The highest BCUT2D eigenvalue weighted by Gasteiger charge is 2.26. The molecule has 132 heavy (non-hydrogen) atoms. The number of esters is 6. The van der Waals surface area contributed by atoms with E-state index in [4.69, 9.17) is 40.4 Å². The van der Waals surface area contributed by atoms with Crippen LogP contribution in [0.3, 0.4) is 0 Å². The molecule has 6 amide bonds. The Hall–Kier alpha value is -7.65. The maximum atomic E-state index is 13.1. The number of nitrogens with one attached hydrogen (secondary N) is 4. The molecule has 0 aliphatic carbocycles. The first-order valence-corrected chi connectivity index (χ1v) is 53.5. The quantitative estimate of drug-likeness (QED) is 0.00895. The Balaban J connectivity index is 0. The predicted octanol–water partition coefficient (Wildman–Crippen LogP) is 20.5. The zero-order valence-corrected chi connectivity index (χ0v) is 85.3. The van der Waals surface area contributed by atoms with Crippen molar-refractivity contribution in [1.29, 1.82) is 0 Å². The van der Waals surface area contributed by atoms with Gasteiger partial charge in [0.25, 0.3) is 0 Å². The number of terminal acetylenes is 1. The number of unbranched alkanes of at least 4 members (excludes halogenated alkanes) is 40. The van der Waals surface area contributed by atoms with Crippen LogP contribution in [0.15, 0.2) is 11.3 Å². The third-order valence-electron chi connectivity index (χ3n) is 22.3. The van der Waals surface area contributed by atoms with Crippen molar-refractivity contribution in [2.45, 2.75) is 447 Å². The van der Waals surface area contributed by atoms with Crippen LogP contribution < -0.4 is 21.3 Å². The molecule has 0 aliphatic rings. The number of rotatable bonds is 87. The van der Waals surface area contributed by atoms with E-state index >= 15 is 0 Å². The van der Waals surface area contributed by atoms with Crippen molar-refractivity contribution in [3.63, 3.8) is 0 Å². The van der Waals surface area contributed by atoms with Crippen molar-refractivity contribution in [3.8, 4) is 12.3 Å². The molecule has 0 bridgehead atoms. The maximum Gasteiger partial charge on any atom is 0.330 e. The summed E-state index contributed by atoms with van der Waals surface area (Å²) in [5.41, 5.74) is 8.99. The minimum Gasteiger partial charge on any atom is -0.462 e. The summed E-state index contributed by atoms with van der Waals surface area (Å²) in [5.74, 6) is 1.95. The summed E-state index contributed by atoms with van der Waals surface area (Å²) in [6.45, 7) is 21.6. The zero-order valence-electron chi connectivity index (χ0n) is 83.7. The summed E-state index contributed by atoms with van der Waals surface area (Å²) < 4.78 is 34.1. The van der Waals surface area contributed by atoms with Crippen LogP contribution in [-0.2, 0) is 92.5 Å². The second-order valence-corrected chi connectivity index (χ2v) is 36.5. The number of carbonyl (C=O) groups is 12. The lowest BCUT2D eigenvalue weighted by atomic mass is 10.1. The molecule has 0 spiro atoms. The topological polar surface area (TPSA) is 394 Å². The van der Waals surface area contributed by atoms with Gasteiger partial charge in [0.1, 0.15) is 44.2 Å². The van der Waals surface area contributed by atoms with Gasteiger partial charge in [0.05, 0.1) is 19.3 Å². The SMILES string of the molecule is C#CCNC(=O)CCSCCN(CCNC(=O)CC)C(=O)CC.CCCCCCCCCCCCCC(=O)OCC(COC(=O)C(C)N=[N+]=[N-])OC(=O)CCCCCCCCCCCCC.CCCCCCCCCCCCCC(=O)OCC(COC(=O)C(C)n1cc(CNC(=O)CCSCCN(CCNC(=O)CC)C(=O)CC)nn1)OC(=O)CCCCCCCCCCCCC. The number of azide groups is 1. The van der Waals surface area contributed by atoms with E-state index in [9.17, 15) is 57.5 Å². The van der Waals surface area contributed by atoms with Crippen LogP contribution in [-0.4, -0.2) is 210 Å². The summed E-state index contributed by atoms with van der Waals surface area (Å²) in [7, 11) is 0. The van der Waals surface area contributed by atoms with E-state index in [0.717, 1.165) is 82.8 Å². The lowest BCUT2D eigenvalue weighted by molar-refractivity contribution is -0.168. The Labute approximate surface area is 804 Å². The van der Waals surface area contributed by atoms with Crippen LogP contribution >= 0.6 is 23.5 Å². The van der Waals surface area contributed by atoms with Crippen LogP contribution in [0.2, 0.25) is 0 Å². The van der Waals surface area contributed by atoms with Crippen molar-refractivity contribution in [1.82, 2.24) is 46.1 Å². The molecular weight excluding hydrogens is 1720 g/mol. The minimum atomic E-state index is -0.999. The number of hydrogen-bond donors (Lipinski definition) is 4. The number of carbonyl (C=O) groups excluding carboxylic acids is 12. The fourth-order valence-electron chi connectivity index (χ4n) is 13.9. The summed E-state index contributed by atoms with van der Waals surface area (Å²) in [5, 5.41) is 22.5. The maximum absolute atomic E-state index is 13.1. The summed E-state index contributed by atoms with van der Waals surface area (Å²) in [6, 6.07) is -1.86. The van der Waals surface area contributed by atoms with Gasteiger partial charge in [-0.15, -0.1) is 11.5 Å². The summed E-state index contributed by atoms with van der Waals surface area (Å²) in [6.07, 6.45) is 60.3. The molecule has 0 aliphatic heterocycles. The van der Waals surface area contributed by atoms with Crippen LogP contribution in [0, 0.1) is 12.3 Å². The molecule has 1 heterocycles. The number of aromatic nitrogens is 3. The molecule has 30 nitrogen and oxygen atoms in total. The molecule has 1 aromatic rings. The van der Waals surface area contributed by atoms with E-state index in [1.807, 2.05) is 13.8 Å². The van der Waals surface area contributed by atoms with Gasteiger partial charge in [-0.3, -0.25) is 52.7 Å². The number of amides is 6. The summed E-state index contributed by atoms with van der Waals surface area (Å²) in [4.78, 5) is 152. The fourth-order valence-corrected chi connectivity index (χ4v) is 15.6. The van der Waals surface area contributed by atoms with Gasteiger partial charge in [-0.25, -0.2) is 9.48 Å². The van der Waals surface area contributed by atoms with Gasteiger partial charge in [-0.1, -0.05) is 328 Å².